The molecule has 3 rings (SSSR count). The van der Waals surface area contributed by atoms with Crippen LogP contribution < -0.4 is 5.32 Å². The molecule has 4 nitrogen and oxygen atoms in total. The van der Waals surface area contributed by atoms with Crippen molar-refractivity contribution in [3.05, 3.63) is 36.4 Å². The number of imidazole rings is 1. The van der Waals surface area contributed by atoms with Crippen molar-refractivity contribution in [1.82, 2.24) is 19.9 Å². The van der Waals surface area contributed by atoms with Crippen LogP contribution in [0.4, 0.5) is 0 Å². The molecule has 0 aromatic carbocycles. The molecular weight excluding hydrogens is 212 g/mol. The van der Waals surface area contributed by atoms with Crippen LogP contribution in [0.3, 0.4) is 0 Å². The molecule has 1 aliphatic rings. The van der Waals surface area contributed by atoms with Gasteiger partial charge in [0.05, 0.1) is 0 Å². The van der Waals surface area contributed by atoms with Crippen molar-refractivity contribution in [2.24, 2.45) is 0 Å². The Morgan fingerprint density at radius 2 is 2.18 bits per heavy atom. The molecule has 0 radical (unpaired) electrons. The largest absolute Gasteiger partial charge is 0.324 e. The van der Waals surface area contributed by atoms with Crippen LogP contribution >= 0.6 is 0 Å². The molecule has 2 aromatic heterocycles. The SMILES string of the molecule is Cc1cnc(-c2ccncc2)n1[C@H]1CCNC1. The van der Waals surface area contributed by atoms with E-state index in [1.165, 1.54) is 12.1 Å². The summed E-state index contributed by atoms with van der Waals surface area (Å²) in [5.74, 6) is 1.05. The molecule has 0 unspecified atom stereocenters. The Morgan fingerprint density at radius 1 is 1.35 bits per heavy atom. The molecule has 0 amide bonds. The number of aryl methyl sites for hydroxylation is 1. The number of nitrogens with one attached hydrogen (secondary N) is 1. The van der Waals surface area contributed by atoms with Gasteiger partial charge in [-0.25, -0.2) is 4.98 Å². The molecule has 2 aromatic rings. The van der Waals surface area contributed by atoms with Gasteiger partial charge in [-0.2, -0.15) is 0 Å². The molecule has 1 N–H and O–H groups in total. The predicted octanol–water partition coefficient (Wildman–Crippen LogP) is 1.79. The smallest absolute Gasteiger partial charge is 0.140 e. The highest BCUT2D eigenvalue weighted by molar-refractivity contribution is 5.55. The van der Waals surface area contributed by atoms with Crippen molar-refractivity contribution in [3.8, 4) is 11.4 Å². The fourth-order valence-corrected chi connectivity index (χ4v) is 2.48. The van der Waals surface area contributed by atoms with E-state index in [0.29, 0.717) is 6.04 Å². The molecule has 1 aliphatic heterocycles. The molecule has 0 bridgehead atoms. The highest BCUT2D eigenvalue weighted by atomic mass is 15.1. The van der Waals surface area contributed by atoms with E-state index in [1.54, 1.807) is 0 Å². The predicted molar refractivity (Wildman–Crippen MR) is 66.7 cm³/mol. The summed E-state index contributed by atoms with van der Waals surface area (Å²) in [5, 5.41) is 3.41. The number of hydrogen-bond acceptors (Lipinski definition) is 3. The normalized spacial score (nSPS) is 19.7. The van der Waals surface area contributed by atoms with Gasteiger partial charge in [0.15, 0.2) is 0 Å². The van der Waals surface area contributed by atoms with Crippen molar-refractivity contribution in [2.45, 2.75) is 19.4 Å². The Morgan fingerprint density at radius 3 is 2.88 bits per heavy atom. The second-order valence-electron chi connectivity index (χ2n) is 4.48. The highest BCUT2D eigenvalue weighted by Gasteiger charge is 2.21. The van der Waals surface area contributed by atoms with Gasteiger partial charge in [-0.15, -0.1) is 0 Å². The van der Waals surface area contributed by atoms with E-state index in [4.69, 9.17) is 0 Å². The molecule has 1 saturated heterocycles. The lowest BCUT2D eigenvalue weighted by atomic mass is 10.2. The van der Waals surface area contributed by atoms with Gasteiger partial charge in [0.25, 0.3) is 0 Å². The van der Waals surface area contributed by atoms with Crippen molar-refractivity contribution in [1.29, 1.82) is 0 Å². The first-order valence-corrected chi connectivity index (χ1v) is 6.01. The van der Waals surface area contributed by atoms with E-state index in [2.05, 4.69) is 26.8 Å². The van der Waals surface area contributed by atoms with Crippen LogP contribution in [0, 0.1) is 6.92 Å². The molecule has 1 atom stereocenters. The minimum atomic E-state index is 0.528. The van der Waals surface area contributed by atoms with Gasteiger partial charge in [0, 0.05) is 42.4 Å². The van der Waals surface area contributed by atoms with Crippen LogP contribution in [0.15, 0.2) is 30.7 Å². The first-order valence-electron chi connectivity index (χ1n) is 6.01. The number of nitrogens with zero attached hydrogens (tertiary/aromatic N) is 3. The van der Waals surface area contributed by atoms with Crippen molar-refractivity contribution in [3.63, 3.8) is 0 Å². The molecule has 3 heterocycles. The molecule has 88 valence electrons. The summed E-state index contributed by atoms with van der Waals surface area (Å²) in [5.41, 5.74) is 2.37. The summed E-state index contributed by atoms with van der Waals surface area (Å²) >= 11 is 0. The first-order chi connectivity index (χ1) is 8.36. The quantitative estimate of drug-likeness (QED) is 0.852. The molecule has 1 fully saturated rings. The topological polar surface area (TPSA) is 42.7 Å². The molecule has 0 saturated carbocycles. The molecule has 17 heavy (non-hydrogen) atoms. The lowest BCUT2D eigenvalue weighted by molar-refractivity contribution is 0.541. The minimum absolute atomic E-state index is 0.528. The van der Waals surface area contributed by atoms with E-state index in [1.807, 2.05) is 30.7 Å². The maximum absolute atomic E-state index is 4.54. The zero-order valence-electron chi connectivity index (χ0n) is 9.93. The highest BCUT2D eigenvalue weighted by Crippen LogP contribution is 2.26. The Labute approximate surface area is 101 Å². The lowest BCUT2D eigenvalue weighted by Crippen LogP contribution is -2.15. The number of pyridine rings is 1. The summed E-state index contributed by atoms with van der Waals surface area (Å²) < 4.78 is 2.34. The van der Waals surface area contributed by atoms with E-state index >= 15 is 0 Å². The van der Waals surface area contributed by atoms with Gasteiger partial charge in [-0.1, -0.05) is 0 Å². The standard InChI is InChI=1S/C13H16N4/c1-10-8-16-13(11-2-5-14-6-3-11)17(10)12-4-7-15-9-12/h2-3,5-6,8,12,15H,4,7,9H2,1H3/t12-/m0/s1. The first kappa shape index (κ1) is 10.5. The van der Waals surface area contributed by atoms with E-state index in [0.717, 1.165) is 24.5 Å². The van der Waals surface area contributed by atoms with Crippen LogP contribution in [-0.2, 0) is 0 Å². The van der Waals surface area contributed by atoms with Gasteiger partial charge in [0.1, 0.15) is 5.82 Å². The summed E-state index contributed by atoms with van der Waals surface area (Å²) in [4.78, 5) is 8.59. The molecule has 4 heteroatoms. The average Bonchev–Trinajstić information content (AvgIpc) is 2.99. The van der Waals surface area contributed by atoms with Gasteiger partial charge >= 0.3 is 0 Å². The van der Waals surface area contributed by atoms with E-state index in [-0.39, 0.29) is 0 Å². The summed E-state index contributed by atoms with van der Waals surface area (Å²) in [6.07, 6.45) is 6.76. The van der Waals surface area contributed by atoms with Gasteiger partial charge in [-0.05, 0) is 32.0 Å². The minimum Gasteiger partial charge on any atom is -0.324 e. The van der Waals surface area contributed by atoms with Gasteiger partial charge in [-0.3, -0.25) is 4.98 Å². The third-order valence-electron chi connectivity index (χ3n) is 3.32. The third-order valence-corrected chi connectivity index (χ3v) is 3.32. The third kappa shape index (κ3) is 1.85. The summed E-state index contributed by atoms with van der Waals surface area (Å²) in [6, 6.07) is 4.56. The van der Waals surface area contributed by atoms with Crippen LogP contribution in [-0.4, -0.2) is 27.6 Å². The fraction of sp³-hybridized carbons (Fsp3) is 0.385. The van der Waals surface area contributed by atoms with Gasteiger partial charge in [0.2, 0.25) is 0 Å². The number of aromatic nitrogens is 3. The monoisotopic (exact) mass is 228 g/mol. The van der Waals surface area contributed by atoms with Gasteiger partial charge < -0.3 is 9.88 Å². The van der Waals surface area contributed by atoms with E-state index in [9.17, 15) is 0 Å². The lowest BCUT2D eigenvalue weighted by Gasteiger charge is -2.16. The summed E-state index contributed by atoms with van der Waals surface area (Å²) in [7, 11) is 0. The zero-order chi connectivity index (χ0) is 11.7. The molecule has 0 aliphatic carbocycles. The fourth-order valence-electron chi connectivity index (χ4n) is 2.48. The Balaban J connectivity index is 2.06. The Bertz CT molecular complexity index is 497. The van der Waals surface area contributed by atoms with Crippen LogP contribution in [0.5, 0.6) is 0 Å². The van der Waals surface area contributed by atoms with E-state index < -0.39 is 0 Å². The maximum atomic E-state index is 4.54. The van der Waals surface area contributed by atoms with Crippen molar-refractivity contribution < 1.29 is 0 Å². The van der Waals surface area contributed by atoms with Crippen molar-refractivity contribution in [2.75, 3.05) is 13.1 Å². The second-order valence-corrected chi connectivity index (χ2v) is 4.48. The zero-order valence-corrected chi connectivity index (χ0v) is 9.93. The Kier molecular flexibility index (Phi) is 2.65. The number of hydrogen-bond donors (Lipinski definition) is 1. The second kappa shape index (κ2) is 4.30. The summed E-state index contributed by atoms with van der Waals surface area (Å²) in [6.45, 7) is 4.25. The van der Waals surface area contributed by atoms with Crippen LogP contribution in [0.1, 0.15) is 18.2 Å². The molecular formula is C13H16N4. The maximum Gasteiger partial charge on any atom is 0.140 e. The molecule has 0 spiro atoms. The Hall–Kier alpha value is -1.68. The number of rotatable bonds is 2. The average molecular weight is 228 g/mol. The van der Waals surface area contributed by atoms with Crippen molar-refractivity contribution >= 4 is 0 Å². The van der Waals surface area contributed by atoms with Crippen LogP contribution in [0.2, 0.25) is 0 Å². The van der Waals surface area contributed by atoms with Crippen LogP contribution in [0.25, 0.3) is 11.4 Å².